The largest absolute Gasteiger partial charge is 0.362 e. The summed E-state index contributed by atoms with van der Waals surface area (Å²) in [6.07, 6.45) is 10.2. The first-order chi connectivity index (χ1) is 14.6. The highest BCUT2D eigenvalue weighted by atomic mass is 16.1. The molecule has 30 heavy (non-hydrogen) atoms. The summed E-state index contributed by atoms with van der Waals surface area (Å²) in [6, 6.07) is 7.95. The fourth-order valence-electron chi connectivity index (χ4n) is 3.91. The van der Waals surface area contributed by atoms with Crippen LogP contribution < -0.4 is 10.6 Å². The van der Waals surface area contributed by atoms with Crippen molar-refractivity contribution in [2.24, 2.45) is 0 Å². The second-order valence-electron chi connectivity index (χ2n) is 7.96. The van der Waals surface area contributed by atoms with Gasteiger partial charge in [-0.05, 0) is 43.0 Å². The Morgan fingerprint density at radius 3 is 2.90 bits per heavy atom. The van der Waals surface area contributed by atoms with E-state index in [1.165, 1.54) is 5.56 Å². The van der Waals surface area contributed by atoms with Crippen LogP contribution in [-0.4, -0.2) is 32.0 Å². The predicted octanol–water partition coefficient (Wildman–Crippen LogP) is 3.72. The van der Waals surface area contributed by atoms with Crippen LogP contribution in [0.2, 0.25) is 0 Å². The molecule has 1 aliphatic rings. The van der Waals surface area contributed by atoms with Crippen molar-refractivity contribution in [3.05, 3.63) is 71.7 Å². The molecule has 3 aromatic heterocycles. The third-order valence-corrected chi connectivity index (χ3v) is 5.43. The molecule has 7 heteroatoms. The molecule has 7 nitrogen and oxygen atoms in total. The van der Waals surface area contributed by atoms with Gasteiger partial charge in [0.05, 0.1) is 17.3 Å². The van der Waals surface area contributed by atoms with Crippen LogP contribution >= 0.6 is 0 Å². The summed E-state index contributed by atoms with van der Waals surface area (Å²) in [5.41, 5.74) is 2.96. The summed E-state index contributed by atoms with van der Waals surface area (Å²) in [5.74, 6) is 2.13. The first-order valence-electron chi connectivity index (χ1n) is 10.6. The van der Waals surface area contributed by atoms with Gasteiger partial charge in [0.25, 0.3) is 5.91 Å². The number of fused-ring (bicyclic) bond motifs is 1. The van der Waals surface area contributed by atoms with Crippen molar-refractivity contribution in [3.8, 4) is 0 Å². The number of aromatic nitrogens is 4. The summed E-state index contributed by atoms with van der Waals surface area (Å²) < 4.78 is 2.15. The van der Waals surface area contributed by atoms with Crippen molar-refractivity contribution in [2.75, 3.05) is 11.9 Å². The van der Waals surface area contributed by atoms with Crippen molar-refractivity contribution in [1.29, 1.82) is 0 Å². The van der Waals surface area contributed by atoms with E-state index in [0.29, 0.717) is 18.0 Å². The standard InChI is InChI=1S/C23H28N6O/c1-16(2)22-25-12-14-29(22)13-4-11-26-23(30)18-7-9-20(27-15-18)28-19-8-6-17-5-3-10-24-21(17)19/h3,5,7,9-10,12,14-16,19H,4,6,8,11,13H2,1-2H3,(H,26,30)(H,27,28)/t19-/m1/s1. The number of aryl methyl sites for hydroxylation is 2. The zero-order valence-corrected chi connectivity index (χ0v) is 17.5. The number of carbonyl (C=O) groups is 1. The predicted molar refractivity (Wildman–Crippen MR) is 116 cm³/mol. The van der Waals surface area contributed by atoms with E-state index in [-0.39, 0.29) is 11.9 Å². The van der Waals surface area contributed by atoms with E-state index in [4.69, 9.17) is 0 Å². The number of hydrogen-bond acceptors (Lipinski definition) is 5. The van der Waals surface area contributed by atoms with E-state index >= 15 is 0 Å². The molecule has 1 atom stereocenters. The lowest BCUT2D eigenvalue weighted by atomic mass is 10.2. The molecule has 3 aromatic rings. The lowest BCUT2D eigenvalue weighted by Crippen LogP contribution is -2.25. The number of amides is 1. The highest BCUT2D eigenvalue weighted by Crippen LogP contribution is 2.31. The van der Waals surface area contributed by atoms with Crippen LogP contribution in [0.5, 0.6) is 0 Å². The number of nitrogens with zero attached hydrogens (tertiary/aromatic N) is 4. The van der Waals surface area contributed by atoms with Crippen molar-refractivity contribution >= 4 is 11.7 Å². The van der Waals surface area contributed by atoms with Gasteiger partial charge < -0.3 is 15.2 Å². The molecule has 0 aliphatic heterocycles. The molecular weight excluding hydrogens is 376 g/mol. The van der Waals surface area contributed by atoms with Gasteiger partial charge in [0.15, 0.2) is 0 Å². The first-order valence-corrected chi connectivity index (χ1v) is 10.6. The third-order valence-electron chi connectivity index (χ3n) is 5.43. The molecule has 2 N–H and O–H groups in total. The molecule has 0 saturated heterocycles. The van der Waals surface area contributed by atoms with Gasteiger partial charge in [-0.2, -0.15) is 0 Å². The van der Waals surface area contributed by atoms with Gasteiger partial charge in [-0.15, -0.1) is 0 Å². The number of pyridine rings is 2. The number of rotatable bonds is 8. The summed E-state index contributed by atoms with van der Waals surface area (Å²) in [4.78, 5) is 25.7. The van der Waals surface area contributed by atoms with Crippen molar-refractivity contribution in [1.82, 2.24) is 24.8 Å². The summed E-state index contributed by atoms with van der Waals surface area (Å²) >= 11 is 0. The lowest BCUT2D eigenvalue weighted by molar-refractivity contribution is 0.0952. The fourth-order valence-corrected chi connectivity index (χ4v) is 3.91. The Balaban J connectivity index is 1.26. The number of carbonyl (C=O) groups excluding carboxylic acids is 1. The van der Waals surface area contributed by atoms with Crippen LogP contribution in [0.15, 0.2) is 49.1 Å². The van der Waals surface area contributed by atoms with E-state index in [1.807, 2.05) is 36.8 Å². The maximum absolute atomic E-state index is 12.4. The minimum Gasteiger partial charge on any atom is -0.362 e. The second kappa shape index (κ2) is 9.07. The van der Waals surface area contributed by atoms with E-state index in [1.54, 1.807) is 6.20 Å². The SMILES string of the molecule is CC(C)c1nccn1CCCNC(=O)c1ccc(N[C@@H]2CCc3cccnc32)nc1. The molecule has 0 aromatic carbocycles. The maximum Gasteiger partial charge on any atom is 0.252 e. The fraction of sp³-hybridized carbons (Fsp3) is 0.391. The molecule has 1 amide bonds. The molecule has 0 fully saturated rings. The van der Waals surface area contributed by atoms with Gasteiger partial charge in [0, 0.05) is 43.8 Å². The zero-order valence-electron chi connectivity index (χ0n) is 17.5. The Morgan fingerprint density at radius 1 is 1.20 bits per heavy atom. The monoisotopic (exact) mass is 404 g/mol. The molecule has 0 unspecified atom stereocenters. The van der Waals surface area contributed by atoms with Crippen LogP contribution in [0.25, 0.3) is 0 Å². The zero-order chi connectivity index (χ0) is 20.9. The quantitative estimate of drug-likeness (QED) is 0.559. The first kappa shape index (κ1) is 20.1. The van der Waals surface area contributed by atoms with Crippen molar-refractivity contribution < 1.29 is 4.79 Å². The Kier molecular flexibility index (Phi) is 6.07. The highest BCUT2D eigenvalue weighted by Gasteiger charge is 2.23. The summed E-state index contributed by atoms with van der Waals surface area (Å²) in [5, 5.41) is 6.40. The van der Waals surface area contributed by atoms with Gasteiger partial charge >= 0.3 is 0 Å². The smallest absolute Gasteiger partial charge is 0.252 e. The van der Waals surface area contributed by atoms with Gasteiger partial charge in [0.2, 0.25) is 0 Å². The van der Waals surface area contributed by atoms with Gasteiger partial charge in [-0.25, -0.2) is 9.97 Å². The average Bonchev–Trinajstić information content (AvgIpc) is 3.39. The molecule has 3 heterocycles. The molecule has 1 aliphatic carbocycles. The Hall–Kier alpha value is -3.22. The molecule has 0 radical (unpaired) electrons. The van der Waals surface area contributed by atoms with Crippen LogP contribution in [0.4, 0.5) is 5.82 Å². The lowest BCUT2D eigenvalue weighted by Gasteiger charge is -2.14. The molecule has 0 saturated carbocycles. The number of nitrogens with one attached hydrogen (secondary N) is 2. The van der Waals surface area contributed by atoms with Crippen LogP contribution in [-0.2, 0) is 13.0 Å². The Labute approximate surface area is 177 Å². The number of imidazole rings is 1. The average molecular weight is 405 g/mol. The second-order valence-corrected chi connectivity index (χ2v) is 7.96. The van der Waals surface area contributed by atoms with E-state index in [2.05, 4.69) is 50.1 Å². The van der Waals surface area contributed by atoms with E-state index < -0.39 is 0 Å². The highest BCUT2D eigenvalue weighted by molar-refractivity contribution is 5.94. The van der Waals surface area contributed by atoms with Gasteiger partial charge in [0.1, 0.15) is 11.6 Å². The maximum atomic E-state index is 12.4. The summed E-state index contributed by atoms with van der Waals surface area (Å²) in [7, 11) is 0. The Bertz CT molecular complexity index is 995. The third kappa shape index (κ3) is 4.50. The molecular formula is C23H28N6O. The topological polar surface area (TPSA) is 84.7 Å². The molecule has 0 spiro atoms. The van der Waals surface area contributed by atoms with Crippen molar-refractivity contribution in [3.63, 3.8) is 0 Å². The normalized spacial score (nSPS) is 15.2. The summed E-state index contributed by atoms with van der Waals surface area (Å²) in [6.45, 7) is 5.72. The van der Waals surface area contributed by atoms with Gasteiger partial charge in [-0.1, -0.05) is 19.9 Å². The van der Waals surface area contributed by atoms with Crippen LogP contribution in [0.3, 0.4) is 0 Å². The minimum atomic E-state index is -0.100. The van der Waals surface area contributed by atoms with E-state index in [9.17, 15) is 4.79 Å². The number of hydrogen-bond donors (Lipinski definition) is 2. The number of anilines is 1. The minimum absolute atomic E-state index is 0.100. The van der Waals surface area contributed by atoms with Crippen LogP contribution in [0.1, 0.15) is 66.1 Å². The van der Waals surface area contributed by atoms with Crippen LogP contribution in [0, 0.1) is 0 Å². The van der Waals surface area contributed by atoms with Gasteiger partial charge in [-0.3, -0.25) is 9.78 Å². The van der Waals surface area contributed by atoms with Crippen molar-refractivity contribution in [2.45, 2.75) is 51.6 Å². The molecule has 4 rings (SSSR count). The van der Waals surface area contributed by atoms with E-state index in [0.717, 1.165) is 43.1 Å². The molecule has 0 bridgehead atoms. The Morgan fingerprint density at radius 2 is 2.10 bits per heavy atom. The molecule has 156 valence electrons.